The number of rotatable bonds is 1. The number of hydrogen-bond acceptors (Lipinski definition) is 4. The third kappa shape index (κ3) is 3.18. The predicted molar refractivity (Wildman–Crippen MR) is 127 cm³/mol. The Hall–Kier alpha value is -0.870. The summed E-state index contributed by atoms with van der Waals surface area (Å²) in [5.74, 6) is 3.64. The van der Waals surface area contributed by atoms with E-state index in [9.17, 15) is 4.79 Å². The molecule has 0 radical (unpaired) electrons. The average Bonchev–Trinajstić information content (AvgIpc) is 3.21. The molecular weight excluding hydrogens is 412 g/mol. The molecule has 11 atom stereocenters. The van der Waals surface area contributed by atoms with Crippen molar-refractivity contribution in [2.75, 3.05) is 6.61 Å². The molecule has 0 amide bonds. The van der Waals surface area contributed by atoms with Crippen LogP contribution < -0.4 is 0 Å². The summed E-state index contributed by atoms with van der Waals surface area (Å²) in [7, 11) is 0. The van der Waals surface area contributed by atoms with Crippen molar-refractivity contribution in [1.82, 2.24) is 0 Å². The lowest BCUT2D eigenvalue weighted by atomic mass is 9.47. The van der Waals surface area contributed by atoms with Crippen molar-refractivity contribution >= 4 is 5.97 Å². The summed E-state index contributed by atoms with van der Waals surface area (Å²) in [6.07, 6.45) is 13.6. The number of hydrogen-bond donors (Lipinski definition) is 0. The van der Waals surface area contributed by atoms with Gasteiger partial charge in [-0.2, -0.15) is 0 Å². The summed E-state index contributed by atoms with van der Waals surface area (Å²) >= 11 is 0. The first-order valence-corrected chi connectivity index (χ1v) is 13.8. The lowest BCUT2D eigenvalue weighted by Gasteiger charge is -2.58. The summed E-state index contributed by atoms with van der Waals surface area (Å²) < 4.78 is 19.0. The van der Waals surface area contributed by atoms with Crippen LogP contribution in [0.15, 0.2) is 11.6 Å². The van der Waals surface area contributed by atoms with Crippen LogP contribution in [0.5, 0.6) is 0 Å². The molecule has 0 N–H and O–H groups in total. The molecule has 4 nitrogen and oxygen atoms in total. The molecular formula is C29H44O4. The highest BCUT2D eigenvalue weighted by molar-refractivity contribution is 5.66. The van der Waals surface area contributed by atoms with E-state index in [0.29, 0.717) is 29.3 Å². The standard InChI is InChI=1S/C29H44O4/c1-17-8-13-29(31-16-17)18(2)26-25(33-29)15-24-22-7-6-20-14-21(32-19(3)30)9-11-27(20,4)23(22)10-12-28(24,26)5/h6,17-18,21-26H,7-16H2,1-5H3/t17-,18+,21+,22-,23+,24+,25+,26+,27+,28+,29+/m1/s1. The van der Waals surface area contributed by atoms with Crippen molar-refractivity contribution < 1.29 is 19.0 Å². The molecule has 6 aliphatic rings. The Morgan fingerprint density at radius 3 is 2.64 bits per heavy atom. The summed E-state index contributed by atoms with van der Waals surface area (Å²) in [4.78, 5) is 11.5. The Bertz CT molecular complexity index is 841. The zero-order chi connectivity index (χ0) is 23.2. The topological polar surface area (TPSA) is 44.8 Å². The molecule has 4 aliphatic carbocycles. The lowest BCUT2D eigenvalue weighted by molar-refractivity contribution is -0.272. The second-order valence-electron chi connectivity index (χ2n) is 13.3. The first-order valence-electron chi connectivity index (χ1n) is 13.8. The monoisotopic (exact) mass is 456 g/mol. The number of carbonyl (C=O) groups excluding carboxylic acids is 1. The molecule has 2 aliphatic heterocycles. The quantitative estimate of drug-likeness (QED) is 0.344. The average molecular weight is 457 g/mol. The number of ether oxygens (including phenoxy) is 3. The van der Waals surface area contributed by atoms with Crippen molar-refractivity contribution in [1.29, 1.82) is 0 Å². The van der Waals surface area contributed by atoms with Gasteiger partial charge in [-0.3, -0.25) is 4.79 Å². The van der Waals surface area contributed by atoms with Crippen LogP contribution in [0.4, 0.5) is 0 Å². The third-order valence-electron chi connectivity index (χ3n) is 11.7. The third-order valence-corrected chi connectivity index (χ3v) is 11.7. The molecule has 3 saturated carbocycles. The minimum atomic E-state index is -0.312. The minimum absolute atomic E-state index is 0.0849. The Morgan fingerprint density at radius 2 is 1.91 bits per heavy atom. The van der Waals surface area contributed by atoms with Gasteiger partial charge in [0, 0.05) is 25.7 Å². The van der Waals surface area contributed by atoms with E-state index in [-0.39, 0.29) is 23.3 Å². The van der Waals surface area contributed by atoms with Crippen LogP contribution in [-0.4, -0.2) is 30.6 Å². The van der Waals surface area contributed by atoms with Crippen LogP contribution in [-0.2, 0) is 19.0 Å². The highest BCUT2D eigenvalue weighted by Gasteiger charge is 2.68. The molecule has 0 bridgehead atoms. The number of allylic oxidation sites excluding steroid dienone is 1. The minimum Gasteiger partial charge on any atom is -0.462 e. The lowest BCUT2D eigenvalue weighted by Crippen LogP contribution is -2.52. The second kappa shape index (κ2) is 7.56. The Kier molecular flexibility index (Phi) is 5.18. The van der Waals surface area contributed by atoms with Crippen LogP contribution in [0.25, 0.3) is 0 Å². The van der Waals surface area contributed by atoms with Crippen LogP contribution in [0.2, 0.25) is 0 Å². The van der Waals surface area contributed by atoms with Gasteiger partial charge in [-0.1, -0.05) is 39.3 Å². The van der Waals surface area contributed by atoms with Crippen molar-refractivity contribution in [2.24, 2.45) is 46.3 Å². The van der Waals surface area contributed by atoms with Gasteiger partial charge in [0.2, 0.25) is 0 Å². The van der Waals surface area contributed by atoms with E-state index in [4.69, 9.17) is 14.2 Å². The van der Waals surface area contributed by atoms with E-state index < -0.39 is 0 Å². The van der Waals surface area contributed by atoms with Gasteiger partial charge in [-0.15, -0.1) is 0 Å². The second-order valence-corrected chi connectivity index (χ2v) is 13.3. The molecule has 2 heterocycles. The van der Waals surface area contributed by atoms with Gasteiger partial charge in [0.15, 0.2) is 5.79 Å². The fraction of sp³-hybridized carbons (Fsp3) is 0.897. The van der Waals surface area contributed by atoms with E-state index in [2.05, 4.69) is 33.8 Å². The van der Waals surface area contributed by atoms with Crippen LogP contribution in [0, 0.1) is 46.3 Å². The van der Waals surface area contributed by atoms with Crippen molar-refractivity contribution in [3.63, 3.8) is 0 Å². The number of fused-ring (bicyclic) bond motifs is 7. The smallest absolute Gasteiger partial charge is 0.302 e. The Morgan fingerprint density at radius 1 is 1.09 bits per heavy atom. The summed E-state index contributed by atoms with van der Waals surface area (Å²) in [5.41, 5.74) is 2.24. The maximum absolute atomic E-state index is 11.5. The molecule has 0 aromatic rings. The van der Waals surface area contributed by atoms with Crippen molar-refractivity contribution in [2.45, 2.75) is 110 Å². The van der Waals surface area contributed by atoms with Crippen molar-refractivity contribution in [3.8, 4) is 0 Å². The SMILES string of the molecule is CC(=O)O[C@H]1CC[C@@]2(C)C(=CC[C@H]3[C@@H]4C[C@@H]5O[C@@]6(CC[C@@H](C)CO6)[C@@H](C)[C@@H]5[C@@]4(C)CC[C@@H]32)C1. The Balaban J connectivity index is 1.24. The molecule has 0 aromatic heterocycles. The van der Waals surface area contributed by atoms with Gasteiger partial charge in [0.25, 0.3) is 0 Å². The fourth-order valence-electron chi connectivity index (χ4n) is 9.98. The maximum atomic E-state index is 11.5. The zero-order valence-electron chi connectivity index (χ0n) is 21.4. The van der Waals surface area contributed by atoms with Gasteiger partial charge in [-0.05, 0) is 85.4 Å². The highest BCUT2D eigenvalue weighted by atomic mass is 16.7. The summed E-state index contributed by atoms with van der Waals surface area (Å²) in [6, 6.07) is 0. The molecule has 5 fully saturated rings. The zero-order valence-corrected chi connectivity index (χ0v) is 21.4. The van der Waals surface area contributed by atoms with Gasteiger partial charge >= 0.3 is 5.97 Å². The molecule has 184 valence electrons. The normalized spacial score (nSPS) is 55.2. The maximum Gasteiger partial charge on any atom is 0.302 e. The Labute approximate surface area is 200 Å². The molecule has 6 rings (SSSR count). The largest absolute Gasteiger partial charge is 0.462 e. The van der Waals surface area contributed by atoms with E-state index in [1.54, 1.807) is 12.5 Å². The van der Waals surface area contributed by atoms with E-state index in [1.807, 2.05) is 0 Å². The predicted octanol–water partition coefficient (Wildman–Crippen LogP) is 6.28. The first-order chi connectivity index (χ1) is 15.7. The highest BCUT2D eigenvalue weighted by Crippen LogP contribution is 2.70. The number of carbonyl (C=O) groups is 1. The summed E-state index contributed by atoms with van der Waals surface area (Å²) in [6.45, 7) is 12.3. The number of esters is 1. The van der Waals surface area contributed by atoms with Crippen LogP contribution >= 0.6 is 0 Å². The first kappa shape index (κ1) is 22.6. The van der Waals surface area contributed by atoms with Crippen LogP contribution in [0.1, 0.15) is 92.4 Å². The van der Waals surface area contributed by atoms with Crippen LogP contribution in [0.3, 0.4) is 0 Å². The van der Waals surface area contributed by atoms with Gasteiger partial charge in [-0.25, -0.2) is 0 Å². The van der Waals surface area contributed by atoms with E-state index in [1.165, 1.54) is 32.1 Å². The molecule has 1 spiro atoms. The van der Waals surface area contributed by atoms with Crippen molar-refractivity contribution in [3.05, 3.63) is 11.6 Å². The molecule has 33 heavy (non-hydrogen) atoms. The van der Waals surface area contributed by atoms with E-state index in [0.717, 1.165) is 50.0 Å². The molecule has 0 aromatic carbocycles. The van der Waals surface area contributed by atoms with E-state index >= 15 is 0 Å². The molecule has 4 heteroatoms. The van der Waals surface area contributed by atoms with Gasteiger partial charge in [0.1, 0.15) is 6.10 Å². The summed E-state index contributed by atoms with van der Waals surface area (Å²) in [5, 5.41) is 0. The fourth-order valence-corrected chi connectivity index (χ4v) is 9.98. The molecule has 2 saturated heterocycles. The van der Waals surface area contributed by atoms with Gasteiger partial charge in [0.05, 0.1) is 12.7 Å². The molecule has 0 unspecified atom stereocenters. The van der Waals surface area contributed by atoms with Gasteiger partial charge < -0.3 is 14.2 Å².